The second kappa shape index (κ2) is 4.70. The molecule has 0 aliphatic heterocycles. The van der Waals surface area contributed by atoms with Gasteiger partial charge in [0.15, 0.2) is 0 Å². The highest BCUT2D eigenvalue weighted by Crippen LogP contribution is 2.27. The normalized spacial score (nSPS) is 10.7. The molecule has 20 heavy (non-hydrogen) atoms. The zero-order chi connectivity index (χ0) is 14.1. The number of pyridine rings is 1. The molecule has 3 rings (SSSR count). The molecule has 0 aliphatic carbocycles. The summed E-state index contributed by atoms with van der Waals surface area (Å²) >= 11 is 0. The Balaban J connectivity index is 2.02. The molecule has 2 heterocycles. The van der Waals surface area contributed by atoms with Gasteiger partial charge in [-0.05, 0) is 37.3 Å². The van der Waals surface area contributed by atoms with Crippen LogP contribution in [0.5, 0.6) is 0 Å². The number of nitrogens with two attached hydrogens (primary N) is 1. The van der Waals surface area contributed by atoms with E-state index in [1.54, 1.807) is 37.4 Å². The van der Waals surface area contributed by atoms with Gasteiger partial charge in [-0.15, -0.1) is 0 Å². The van der Waals surface area contributed by atoms with Crippen LogP contribution in [-0.4, -0.2) is 10.9 Å². The zero-order valence-electron chi connectivity index (χ0n) is 10.9. The highest BCUT2D eigenvalue weighted by Gasteiger charge is 2.13. The molecule has 3 N–H and O–H groups in total. The monoisotopic (exact) mass is 267 g/mol. The number of carbonyl (C=O) groups excluding carboxylic acids is 1. The van der Waals surface area contributed by atoms with Gasteiger partial charge in [-0.3, -0.25) is 9.78 Å². The highest BCUT2D eigenvalue weighted by molar-refractivity contribution is 6.10. The van der Waals surface area contributed by atoms with Crippen molar-refractivity contribution in [2.24, 2.45) is 0 Å². The van der Waals surface area contributed by atoms with Gasteiger partial charge in [-0.1, -0.05) is 0 Å². The third-order valence-electron chi connectivity index (χ3n) is 3.15. The van der Waals surface area contributed by atoms with Crippen molar-refractivity contribution in [2.45, 2.75) is 6.92 Å². The van der Waals surface area contributed by atoms with Crippen LogP contribution in [0.15, 0.2) is 47.2 Å². The lowest BCUT2D eigenvalue weighted by atomic mass is 10.1. The largest absolute Gasteiger partial charge is 0.469 e. The summed E-state index contributed by atoms with van der Waals surface area (Å²) in [6.45, 7) is 1.75. The van der Waals surface area contributed by atoms with Gasteiger partial charge in [0.05, 0.1) is 28.7 Å². The Morgan fingerprint density at radius 3 is 2.90 bits per heavy atom. The number of fused-ring (bicyclic) bond motifs is 1. The molecule has 100 valence electrons. The van der Waals surface area contributed by atoms with Gasteiger partial charge in [-0.25, -0.2) is 0 Å². The number of hydrogen-bond donors (Lipinski definition) is 2. The molecule has 3 aromatic rings. The summed E-state index contributed by atoms with van der Waals surface area (Å²) in [6, 6.07) is 8.82. The Labute approximate surface area is 115 Å². The lowest BCUT2D eigenvalue weighted by Gasteiger charge is -2.09. The zero-order valence-corrected chi connectivity index (χ0v) is 10.9. The molecule has 0 fully saturated rings. The Hall–Kier alpha value is -2.82. The number of rotatable bonds is 2. The number of amides is 1. The fraction of sp³-hybridized carbons (Fsp3) is 0.0667. The van der Waals surface area contributed by atoms with Crippen LogP contribution in [0.3, 0.4) is 0 Å². The number of nitrogen functional groups attached to an aromatic ring is 1. The fourth-order valence-electron chi connectivity index (χ4n) is 2.11. The first-order valence-electron chi connectivity index (χ1n) is 6.15. The van der Waals surface area contributed by atoms with E-state index in [1.807, 2.05) is 6.07 Å². The van der Waals surface area contributed by atoms with Crippen molar-refractivity contribution in [1.82, 2.24) is 4.98 Å². The van der Waals surface area contributed by atoms with Gasteiger partial charge in [0.2, 0.25) is 0 Å². The van der Waals surface area contributed by atoms with Gasteiger partial charge >= 0.3 is 0 Å². The summed E-state index contributed by atoms with van der Waals surface area (Å²) in [4.78, 5) is 16.4. The van der Waals surface area contributed by atoms with Crippen LogP contribution in [0.2, 0.25) is 0 Å². The predicted octanol–water partition coefficient (Wildman–Crippen LogP) is 2.97. The lowest BCUT2D eigenvalue weighted by Crippen LogP contribution is -2.12. The standard InChI is InChI=1S/C15H13N3O2/c1-9-10(6-8-20-9)15(19)18-13-5-4-12(16)14-11(13)3-2-7-17-14/h2-8H,16H2,1H3,(H,18,19). The van der Waals surface area contributed by atoms with Crippen LogP contribution in [0.4, 0.5) is 11.4 Å². The van der Waals surface area contributed by atoms with Crippen molar-refractivity contribution in [3.05, 3.63) is 54.1 Å². The second-order valence-electron chi connectivity index (χ2n) is 4.45. The average Bonchev–Trinajstić information content (AvgIpc) is 2.88. The number of aromatic nitrogens is 1. The van der Waals surface area contributed by atoms with Crippen LogP contribution >= 0.6 is 0 Å². The number of furan rings is 1. The van der Waals surface area contributed by atoms with Crippen molar-refractivity contribution in [1.29, 1.82) is 0 Å². The average molecular weight is 267 g/mol. The molecular weight excluding hydrogens is 254 g/mol. The topological polar surface area (TPSA) is 81.2 Å². The van der Waals surface area contributed by atoms with Gasteiger partial charge in [0.1, 0.15) is 5.76 Å². The molecule has 5 nitrogen and oxygen atoms in total. The van der Waals surface area contributed by atoms with E-state index in [1.165, 1.54) is 6.26 Å². The first-order valence-corrected chi connectivity index (χ1v) is 6.15. The van der Waals surface area contributed by atoms with E-state index in [0.717, 1.165) is 5.39 Å². The van der Waals surface area contributed by atoms with E-state index in [2.05, 4.69) is 10.3 Å². The predicted molar refractivity (Wildman–Crippen MR) is 77.6 cm³/mol. The number of nitrogens with zero attached hydrogens (tertiary/aromatic N) is 1. The molecule has 0 saturated heterocycles. The summed E-state index contributed by atoms with van der Waals surface area (Å²) in [5.41, 5.74) is 8.33. The van der Waals surface area contributed by atoms with E-state index in [-0.39, 0.29) is 5.91 Å². The van der Waals surface area contributed by atoms with Crippen LogP contribution in [-0.2, 0) is 0 Å². The SMILES string of the molecule is Cc1occc1C(=O)Nc1ccc(N)c2ncccc12. The summed E-state index contributed by atoms with van der Waals surface area (Å²) in [5.74, 6) is 0.367. The Morgan fingerprint density at radius 2 is 2.15 bits per heavy atom. The molecule has 0 atom stereocenters. The van der Waals surface area contributed by atoms with E-state index in [9.17, 15) is 4.79 Å². The number of hydrogen-bond acceptors (Lipinski definition) is 4. The molecule has 0 unspecified atom stereocenters. The number of nitrogens with one attached hydrogen (secondary N) is 1. The molecule has 1 aromatic carbocycles. The van der Waals surface area contributed by atoms with Crippen LogP contribution in [0, 0.1) is 6.92 Å². The Morgan fingerprint density at radius 1 is 1.30 bits per heavy atom. The molecule has 0 spiro atoms. The first kappa shape index (κ1) is 12.2. The van der Waals surface area contributed by atoms with Gasteiger partial charge in [-0.2, -0.15) is 0 Å². The summed E-state index contributed by atoms with van der Waals surface area (Å²) < 4.78 is 5.14. The Bertz CT molecular complexity index is 793. The van der Waals surface area contributed by atoms with Gasteiger partial charge in [0, 0.05) is 11.6 Å². The first-order chi connectivity index (χ1) is 9.66. The maximum absolute atomic E-state index is 12.2. The van der Waals surface area contributed by atoms with E-state index in [4.69, 9.17) is 10.2 Å². The molecular formula is C15H13N3O2. The molecule has 2 aromatic heterocycles. The molecule has 0 saturated carbocycles. The van der Waals surface area contributed by atoms with Crippen LogP contribution in [0.25, 0.3) is 10.9 Å². The summed E-state index contributed by atoms with van der Waals surface area (Å²) in [7, 11) is 0. The summed E-state index contributed by atoms with van der Waals surface area (Å²) in [5, 5.41) is 3.67. The maximum Gasteiger partial charge on any atom is 0.259 e. The van der Waals surface area contributed by atoms with Crippen molar-refractivity contribution in [3.63, 3.8) is 0 Å². The van der Waals surface area contributed by atoms with Crippen molar-refractivity contribution in [2.75, 3.05) is 11.1 Å². The molecule has 0 aliphatic rings. The molecule has 0 bridgehead atoms. The van der Waals surface area contributed by atoms with Crippen molar-refractivity contribution in [3.8, 4) is 0 Å². The minimum atomic E-state index is -0.217. The van der Waals surface area contributed by atoms with Crippen LogP contribution in [0.1, 0.15) is 16.1 Å². The number of benzene rings is 1. The van der Waals surface area contributed by atoms with Crippen molar-refractivity contribution >= 4 is 28.2 Å². The maximum atomic E-state index is 12.2. The molecule has 1 amide bonds. The third kappa shape index (κ3) is 1.99. The number of carbonyl (C=O) groups is 1. The minimum Gasteiger partial charge on any atom is -0.469 e. The van der Waals surface area contributed by atoms with Crippen LogP contribution < -0.4 is 11.1 Å². The highest BCUT2D eigenvalue weighted by atomic mass is 16.3. The molecule has 0 radical (unpaired) electrons. The number of anilines is 2. The van der Waals surface area contributed by atoms with Crippen molar-refractivity contribution < 1.29 is 9.21 Å². The smallest absolute Gasteiger partial charge is 0.259 e. The quantitative estimate of drug-likeness (QED) is 0.699. The second-order valence-corrected chi connectivity index (χ2v) is 4.45. The van der Waals surface area contributed by atoms with Gasteiger partial charge < -0.3 is 15.5 Å². The van der Waals surface area contributed by atoms with E-state index in [0.29, 0.717) is 28.2 Å². The van der Waals surface area contributed by atoms with E-state index < -0.39 is 0 Å². The summed E-state index contributed by atoms with van der Waals surface area (Å²) in [6.07, 6.45) is 3.16. The van der Waals surface area contributed by atoms with E-state index >= 15 is 0 Å². The molecule has 5 heteroatoms. The Kier molecular flexibility index (Phi) is 2.87. The third-order valence-corrected chi connectivity index (χ3v) is 3.15. The lowest BCUT2D eigenvalue weighted by molar-refractivity contribution is 0.102. The fourth-order valence-corrected chi connectivity index (χ4v) is 2.11. The van der Waals surface area contributed by atoms with Gasteiger partial charge in [0.25, 0.3) is 5.91 Å². The number of aryl methyl sites for hydroxylation is 1. The minimum absolute atomic E-state index is 0.217.